The van der Waals surface area contributed by atoms with Crippen LogP contribution in [-0.4, -0.2) is 24.3 Å². The highest BCUT2D eigenvalue weighted by atomic mass is 16.5. The third-order valence-corrected chi connectivity index (χ3v) is 2.60. The van der Waals surface area contributed by atoms with Gasteiger partial charge in [-0.2, -0.15) is 0 Å². The summed E-state index contributed by atoms with van der Waals surface area (Å²) in [6.07, 6.45) is 0.831. The van der Waals surface area contributed by atoms with Gasteiger partial charge >= 0.3 is 7.12 Å². The van der Waals surface area contributed by atoms with E-state index in [0.717, 1.165) is 23.3 Å². The summed E-state index contributed by atoms with van der Waals surface area (Å²) >= 11 is 0. The first-order valence-corrected chi connectivity index (χ1v) is 5.78. The lowest BCUT2D eigenvalue weighted by Crippen LogP contribution is -2.31. The molecule has 0 atom stereocenters. The average Bonchev–Trinajstić information content (AvgIpc) is 2.14. The summed E-state index contributed by atoms with van der Waals surface area (Å²) in [5, 5.41) is 18.5. The molecule has 0 amide bonds. The van der Waals surface area contributed by atoms with E-state index in [9.17, 15) is 10.0 Å². The van der Waals surface area contributed by atoms with E-state index in [-0.39, 0.29) is 5.41 Å². The summed E-state index contributed by atoms with van der Waals surface area (Å²) in [6.45, 7) is 8.34. The number of rotatable bonds is 3. The van der Waals surface area contributed by atoms with Crippen LogP contribution >= 0.6 is 0 Å². The molecule has 0 saturated carbocycles. The summed E-state index contributed by atoms with van der Waals surface area (Å²) in [6, 6.07) is 3.55. The third kappa shape index (κ3) is 3.75. The molecule has 0 heterocycles. The normalized spacial score (nSPS) is 11.5. The van der Waals surface area contributed by atoms with E-state index in [1.165, 1.54) is 0 Å². The highest BCUT2D eigenvalue weighted by Crippen LogP contribution is 2.29. The monoisotopic (exact) mass is 236 g/mol. The Morgan fingerprint density at radius 2 is 1.82 bits per heavy atom. The van der Waals surface area contributed by atoms with Gasteiger partial charge in [-0.25, -0.2) is 0 Å². The molecule has 0 aliphatic carbocycles. The summed E-state index contributed by atoms with van der Waals surface area (Å²) in [7, 11) is 0.210. The summed E-state index contributed by atoms with van der Waals surface area (Å²) in [5.41, 5.74) is 2.58. The maximum absolute atomic E-state index is 9.25. The summed E-state index contributed by atoms with van der Waals surface area (Å²) in [5.74, 6) is 0.837. The Morgan fingerprint density at radius 1 is 1.24 bits per heavy atom. The minimum absolute atomic E-state index is 0.124. The molecule has 1 aromatic rings. The number of hydrogen-bond donors (Lipinski definition) is 2. The van der Waals surface area contributed by atoms with Gasteiger partial charge in [-0.3, -0.25) is 0 Å². The second kappa shape index (κ2) is 5.11. The van der Waals surface area contributed by atoms with Crippen molar-refractivity contribution in [1.82, 2.24) is 0 Å². The van der Waals surface area contributed by atoms with E-state index in [2.05, 4.69) is 20.8 Å². The van der Waals surface area contributed by atoms with Gasteiger partial charge in [0.1, 0.15) is 5.75 Å². The Kier molecular flexibility index (Phi) is 4.23. The van der Waals surface area contributed by atoms with Crippen LogP contribution in [0.1, 0.15) is 31.9 Å². The highest BCUT2D eigenvalue weighted by molar-refractivity contribution is 6.58. The first kappa shape index (κ1) is 14.1. The van der Waals surface area contributed by atoms with Crippen molar-refractivity contribution in [2.75, 3.05) is 7.11 Å². The van der Waals surface area contributed by atoms with Gasteiger partial charge < -0.3 is 14.8 Å². The van der Waals surface area contributed by atoms with Crippen LogP contribution in [0.5, 0.6) is 5.75 Å². The van der Waals surface area contributed by atoms with E-state index in [0.29, 0.717) is 5.46 Å². The predicted molar refractivity (Wildman–Crippen MR) is 70.7 cm³/mol. The van der Waals surface area contributed by atoms with E-state index >= 15 is 0 Å². The number of ether oxygens (including phenoxy) is 1. The quantitative estimate of drug-likeness (QED) is 0.777. The van der Waals surface area contributed by atoms with Crippen molar-refractivity contribution in [3.05, 3.63) is 23.3 Å². The zero-order valence-corrected chi connectivity index (χ0v) is 11.2. The van der Waals surface area contributed by atoms with E-state index < -0.39 is 7.12 Å². The topological polar surface area (TPSA) is 49.7 Å². The van der Waals surface area contributed by atoms with Gasteiger partial charge in [0, 0.05) is 0 Å². The molecule has 3 nitrogen and oxygen atoms in total. The second-order valence-corrected chi connectivity index (χ2v) is 5.64. The van der Waals surface area contributed by atoms with Gasteiger partial charge in [-0.15, -0.1) is 0 Å². The molecule has 1 rings (SSSR count). The molecule has 2 N–H and O–H groups in total. The minimum atomic E-state index is -1.43. The zero-order chi connectivity index (χ0) is 13.2. The fourth-order valence-electron chi connectivity index (χ4n) is 2.02. The van der Waals surface area contributed by atoms with Crippen molar-refractivity contribution >= 4 is 12.6 Å². The van der Waals surface area contributed by atoms with Crippen molar-refractivity contribution in [2.45, 2.75) is 34.1 Å². The molecule has 0 aromatic heterocycles. The van der Waals surface area contributed by atoms with Crippen LogP contribution in [0.25, 0.3) is 0 Å². The minimum Gasteiger partial charge on any atom is -0.496 e. The summed E-state index contributed by atoms with van der Waals surface area (Å²) < 4.78 is 5.39. The molecular weight excluding hydrogens is 215 g/mol. The lowest BCUT2D eigenvalue weighted by molar-refractivity contribution is 0.377. The van der Waals surface area contributed by atoms with Gasteiger partial charge in [0.25, 0.3) is 0 Å². The van der Waals surface area contributed by atoms with Gasteiger partial charge in [0.05, 0.1) is 7.11 Å². The highest BCUT2D eigenvalue weighted by Gasteiger charge is 2.20. The maximum Gasteiger partial charge on any atom is 0.488 e. The Labute approximate surface area is 104 Å². The van der Waals surface area contributed by atoms with E-state index in [1.54, 1.807) is 13.2 Å². The molecule has 4 heteroatoms. The van der Waals surface area contributed by atoms with Crippen LogP contribution < -0.4 is 10.2 Å². The maximum atomic E-state index is 9.25. The van der Waals surface area contributed by atoms with Crippen molar-refractivity contribution in [3.63, 3.8) is 0 Å². The molecule has 17 heavy (non-hydrogen) atoms. The number of methoxy groups -OCH3 is 1. The Bertz CT molecular complexity index is 394. The molecule has 0 fully saturated rings. The second-order valence-electron chi connectivity index (χ2n) is 5.64. The van der Waals surface area contributed by atoms with Gasteiger partial charge in [0.15, 0.2) is 0 Å². The largest absolute Gasteiger partial charge is 0.496 e. The van der Waals surface area contributed by atoms with Crippen LogP contribution in [0.15, 0.2) is 12.1 Å². The van der Waals surface area contributed by atoms with Gasteiger partial charge in [-0.05, 0) is 35.3 Å². The first-order valence-electron chi connectivity index (χ1n) is 5.78. The van der Waals surface area contributed by atoms with Crippen LogP contribution in [-0.2, 0) is 6.42 Å². The van der Waals surface area contributed by atoms with Crippen LogP contribution in [0.2, 0.25) is 0 Å². The van der Waals surface area contributed by atoms with Crippen LogP contribution in [0.4, 0.5) is 0 Å². The Balaban J connectivity index is 3.24. The van der Waals surface area contributed by atoms with Crippen molar-refractivity contribution in [2.24, 2.45) is 5.41 Å². The molecule has 0 saturated heterocycles. The van der Waals surface area contributed by atoms with Crippen LogP contribution in [0.3, 0.4) is 0 Å². The van der Waals surface area contributed by atoms with E-state index in [1.807, 2.05) is 13.0 Å². The fraction of sp³-hybridized carbons (Fsp3) is 0.538. The van der Waals surface area contributed by atoms with Crippen molar-refractivity contribution in [3.8, 4) is 5.75 Å². The number of hydrogen-bond acceptors (Lipinski definition) is 3. The molecule has 0 aliphatic rings. The first-order chi connectivity index (χ1) is 7.74. The lowest BCUT2D eigenvalue weighted by Gasteiger charge is -2.21. The van der Waals surface area contributed by atoms with Crippen molar-refractivity contribution in [1.29, 1.82) is 0 Å². The van der Waals surface area contributed by atoms with E-state index in [4.69, 9.17) is 4.74 Å². The predicted octanol–water partition coefficient (Wildman–Crippen LogP) is 1.27. The standard InChI is InChI=1S/C13H21BO3/c1-9-6-11(14(15)16)7-10(12(9)17-5)8-13(2,3)4/h6-7,15-16H,8H2,1-5H3. The molecular formula is C13H21BO3. The third-order valence-electron chi connectivity index (χ3n) is 2.60. The SMILES string of the molecule is COc1c(C)cc(B(O)O)cc1CC(C)(C)C. The molecule has 0 unspecified atom stereocenters. The zero-order valence-electron chi connectivity index (χ0n) is 11.2. The molecule has 0 aliphatic heterocycles. The summed E-state index contributed by atoms with van der Waals surface area (Å²) in [4.78, 5) is 0. The average molecular weight is 236 g/mol. The Hall–Kier alpha value is -0.995. The lowest BCUT2D eigenvalue weighted by atomic mass is 9.76. The van der Waals surface area contributed by atoms with Crippen molar-refractivity contribution < 1.29 is 14.8 Å². The van der Waals surface area contributed by atoms with Crippen LogP contribution in [0, 0.1) is 12.3 Å². The molecule has 0 spiro atoms. The smallest absolute Gasteiger partial charge is 0.488 e. The molecule has 0 radical (unpaired) electrons. The molecule has 1 aromatic carbocycles. The number of benzene rings is 1. The molecule has 94 valence electrons. The van der Waals surface area contributed by atoms with Gasteiger partial charge in [-0.1, -0.05) is 32.9 Å². The number of aryl methyl sites for hydroxylation is 1. The Morgan fingerprint density at radius 3 is 2.24 bits per heavy atom. The fourth-order valence-corrected chi connectivity index (χ4v) is 2.02. The molecule has 0 bridgehead atoms. The van der Waals surface area contributed by atoms with Gasteiger partial charge in [0.2, 0.25) is 0 Å².